The molecule has 12 rings (SSSR count). The molecule has 6 aromatic rings. The summed E-state index contributed by atoms with van der Waals surface area (Å²) in [7, 11) is 0. The number of halogens is 4. The second-order valence-electron chi connectivity index (χ2n) is 27.1. The van der Waals surface area contributed by atoms with E-state index in [1.807, 2.05) is 0 Å². The van der Waals surface area contributed by atoms with Gasteiger partial charge in [-0.2, -0.15) is 9.15 Å². The second kappa shape index (κ2) is 27.5. The lowest BCUT2D eigenvalue weighted by atomic mass is 9.78. The van der Waals surface area contributed by atoms with E-state index < -0.39 is 0 Å². The highest BCUT2D eigenvalue weighted by Gasteiger charge is 2.47. The minimum atomic E-state index is -0.205. The van der Waals surface area contributed by atoms with Crippen LogP contribution >= 0.6 is 23.2 Å². The Kier molecular flexibility index (Phi) is 20.6. The molecule has 0 unspecified atom stereocenters. The van der Waals surface area contributed by atoms with Crippen LogP contribution in [0.2, 0.25) is 0 Å². The molecule has 5 nitrogen and oxygen atoms in total. The summed E-state index contributed by atoms with van der Waals surface area (Å²) in [6.45, 7) is 28.3. The molecule has 2 aliphatic carbocycles. The molecule has 0 aromatic heterocycles. The molecular weight excluding hydrogens is 1360 g/mol. The first kappa shape index (κ1) is 66.6. The van der Waals surface area contributed by atoms with Crippen molar-refractivity contribution in [3.8, 4) is 0 Å². The second-order valence-corrected chi connectivity index (χ2v) is 27.9. The Morgan fingerprint density at radius 1 is 0.461 bits per heavy atom. The molecule has 0 atom stereocenters. The van der Waals surface area contributed by atoms with Crippen LogP contribution in [0.1, 0.15) is 156 Å². The van der Waals surface area contributed by atoms with Crippen LogP contribution in [-0.4, -0.2) is 60.0 Å². The average molecular weight is 1450 g/mol. The number of fused-ring (bicyclic) bond motifs is 8. The summed E-state index contributed by atoms with van der Waals surface area (Å²) in [6.07, 6.45) is 29.3. The van der Waals surface area contributed by atoms with Gasteiger partial charge in [0.15, 0.2) is 11.4 Å². The smallest absolute Gasteiger partial charge is 0.210 e. The summed E-state index contributed by atoms with van der Waals surface area (Å²) in [5, 5.41) is 7.07. The number of hydrogen-bond donors (Lipinski definition) is 0. The highest BCUT2D eigenvalue weighted by molar-refractivity contribution is 6.33. The largest absolute Gasteiger partial charge is 1.00 e. The maximum absolute atomic E-state index is 7.51. The van der Waals surface area contributed by atoms with Gasteiger partial charge in [0, 0.05) is 105 Å². The van der Waals surface area contributed by atoms with Crippen LogP contribution < -0.4 is 57.8 Å². The molecule has 0 saturated carbocycles. The van der Waals surface area contributed by atoms with Gasteiger partial charge in [-0.15, -0.1) is 0 Å². The Hall–Kier alpha value is -5.30. The number of ether oxygens (including phenoxy) is 1. The number of hydrogen-bond acceptors (Lipinski definition) is 3. The van der Waals surface area contributed by atoms with E-state index in [0.717, 1.165) is 100 Å². The maximum atomic E-state index is 7.51. The van der Waals surface area contributed by atoms with Crippen molar-refractivity contribution < 1.29 is 61.8 Å². The number of nitrogens with zero attached hydrogens (tertiary/aromatic N) is 4. The van der Waals surface area contributed by atoms with E-state index in [1.165, 1.54) is 112 Å². The van der Waals surface area contributed by atoms with Crippen LogP contribution in [0.4, 0.5) is 22.7 Å². The predicted octanol–water partition coefficient (Wildman–Crippen LogP) is 14.8. The monoisotopic (exact) mass is 1450 g/mol. The predicted molar refractivity (Wildman–Crippen MR) is 372 cm³/mol. The lowest BCUT2D eigenvalue weighted by molar-refractivity contribution is -0.438. The van der Waals surface area contributed by atoms with Crippen molar-refractivity contribution in [3.05, 3.63) is 236 Å². The summed E-state index contributed by atoms with van der Waals surface area (Å²) in [4.78, 5) is 4.98. The van der Waals surface area contributed by atoms with Crippen LogP contribution in [0.25, 0.3) is 21.5 Å². The zero-order chi connectivity index (χ0) is 60.8. The third kappa shape index (κ3) is 12.4. The zero-order valence-electron chi connectivity index (χ0n) is 54.2. The molecule has 4 heterocycles. The molecule has 9 heteroatoms. The molecule has 0 N–H and O–H groups in total. The van der Waals surface area contributed by atoms with Crippen LogP contribution in [0, 0.1) is 0 Å². The molecule has 464 valence electrons. The number of rotatable bonds is 18. The van der Waals surface area contributed by atoms with Crippen molar-refractivity contribution in [1.82, 2.24) is 0 Å². The van der Waals surface area contributed by atoms with Gasteiger partial charge in [0.1, 0.15) is 13.1 Å². The fourth-order valence-corrected chi connectivity index (χ4v) is 16.1. The molecule has 0 saturated heterocycles. The van der Waals surface area contributed by atoms with E-state index in [9.17, 15) is 0 Å². The number of unbranched alkanes of at least 4 members (excludes halogenated alkanes) is 2. The topological polar surface area (TPSA) is 21.7 Å². The standard InChI is InChI=1S/C80H90Cl2N4O.2HI/c1-11-13-49-83-67-43-37-55-25-15-17-31-61(55)73(67)79(7,8)71(83)47-41-59-29-23-27-57(75(59)81)39-45-69-77(3,4)63-33-19-21-35-65(63)85(69)51-53-87-54-52-86-66-36-22-20-34-64(66)78(5,6)70(86)46-40-58-28-24-30-60(76(58)82)42-48-72-80(9,10)74-62-32-18-16-26-56(62)38-44-68(74)84(72)50-14-12-2;;/h15-22,25-26,31-48H,11-14,23-24,27-30,49-54H2,1-10H3;2*1H/q+2;;/p-2. The first-order valence-electron chi connectivity index (χ1n) is 32.6. The Morgan fingerprint density at radius 2 is 0.854 bits per heavy atom. The van der Waals surface area contributed by atoms with Gasteiger partial charge in [-0.3, -0.25) is 0 Å². The van der Waals surface area contributed by atoms with E-state index in [2.05, 4.69) is 258 Å². The van der Waals surface area contributed by atoms with E-state index in [0.29, 0.717) is 13.2 Å². The maximum Gasteiger partial charge on any atom is 0.210 e. The molecule has 0 fully saturated rings. The number of benzene rings is 6. The Bertz CT molecular complexity index is 3790. The van der Waals surface area contributed by atoms with Crippen molar-refractivity contribution in [1.29, 1.82) is 0 Å². The highest BCUT2D eigenvalue weighted by atomic mass is 127. The lowest BCUT2D eigenvalue weighted by Gasteiger charge is -2.28. The minimum absolute atomic E-state index is 0. The molecule has 89 heavy (non-hydrogen) atoms. The summed E-state index contributed by atoms with van der Waals surface area (Å²) >= 11 is 15.0. The Balaban J connectivity index is 0.00000437. The molecule has 0 bridgehead atoms. The van der Waals surface area contributed by atoms with Gasteiger partial charge in [-0.1, -0.05) is 187 Å². The first-order chi connectivity index (χ1) is 42.0. The van der Waals surface area contributed by atoms with Crippen LogP contribution in [-0.2, 0) is 26.4 Å². The average Bonchev–Trinajstić information content (AvgIpc) is 1.67. The number of anilines is 2. The van der Waals surface area contributed by atoms with Crippen LogP contribution in [0.5, 0.6) is 0 Å². The fraction of sp³-hybridized carbons (Fsp3) is 0.375. The third-order valence-electron chi connectivity index (χ3n) is 20.2. The Labute approximate surface area is 576 Å². The van der Waals surface area contributed by atoms with Crippen molar-refractivity contribution in [2.45, 2.75) is 155 Å². The van der Waals surface area contributed by atoms with Crippen LogP contribution in [0.3, 0.4) is 0 Å². The minimum Gasteiger partial charge on any atom is -1.00 e. The van der Waals surface area contributed by atoms with Gasteiger partial charge >= 0.3 is 0 Å². The van der Waals surface area contributed by atoms with Gasteiger partial charge < -0.3 is 62.5 Å². The van der Waals surface area contributed by atoms with E-state index in [-0.39, 0.29) is 69.6 Å². The first-order valence-corrected chi connectivity index (χ1v) is 33.4. The highest BCUT2D eigenvalue weighted by Crippen LogP contribution is 2.51. The van der Waals surface area contributed by atoms with Gasteiger partial charge in [0.25, 0.3) is 0 Å². The number of allylic oxidation sites excluding steroid dienone is 16. The summed E-state index contributed by atoms with van der Waals surface area (Å²) in [5.41, 5.74) is 20.0. The van der Waals surface area contributed by atoms with Crippen molar-refractivity contribution in [2.24, 2.45) is 0 Å². The summed E-state index contributed by atoms with van der Waals surface area (Å²) in [5.74, 6) is 0. The van der Waals surface area contributed by atoms with Gasteiger partial charge in [-0.05, 0) is 158 Å². The van der Waals surface area contributed by atoms with Crippen molar-refractivity contribution in [2.75, 3.05) is 49.2 Å². The molecule has 6 aromatic carbocycles. The molecule has 0 spiro atoms. The zero-order valence-corrected chi connectivity index (χ0v) is 60.0. The normalized spacial score (nSPS) is 20.8. The molecule has 0 radical (unpaired) electrons. The fourth-order valence-electron chi connectivity index (χ4n) is 15.5. The van der Waals surface area contributed by atoms with Crippen molar-refractivity contribution in [3.63, 3.8) is 0 Å². The summed E-state index contributed by atoms with van der Waals surface area (Å²) in [6, 6.07) is 44.8. The molecule has 0 amide bonds. The van der Waals surface area contributed by atoms with Gasteiger partial charge in [0.2, 0.25) is 11.4 Å². The lowest BCUT2D eigenvalue weighted by Crippen LogP contribution is -3.00. The molecular formula is C80H90Cl2I2N4O. The van der Waals surface area contributed by atoms with Crippen LogP contribution in [0.15, 0.2) is 214 Å². The third-order valence-corrected chi connectivity index (χ3v) is 21.1. The summed E-state index contributed by atoms with van der Waals surface area (Å²) < 4.78 is 11.9. The van der Waals surface area contributed by atoms with E-state index in [4.69, 9.17) is 27.9 Å². The van der Waals surface area contributed by atoms with Crippen molar-refractivity contribution >= 4 is 78.9 Å². The molecule has 4 aliphatic heterocycles. The number of para-hydroxylation sites is 2. The molecule has 6 aliphatic rings. The van der Waals surface area contributed by atoms with Gasteiger partial charge in [0.05, 0.1) is 24.0 Å². The van der Waals surface area contributed by atoms with E-state index >= 15 is 0 Å². The van der Waals surface area contributed by atoms with E-state index in [1.54, 1.807) is 0 Å². The quantitative estimate of drug-likeness (QED) is 0.0486. The Morgan fingerprint density at radius 3 is 1.27 bits per heavy atom. The SMILES string of the molecule is CCCC[N+]1=C(/C=C/C2=C(Cl)C(=C/C=C3/N(CCOCCN4/C(=C/C=C5\CCCC(/C=C/C6=[N+](CCCC)c7ccc8ccccc8c7C6(C)C)=C5Cl)C(C)(C)c5ccccc54)c4ccccc4C3(C)C)/CCC2)C(C)(C)c2c1ccc1ccccc21.[I-].[I-]. The van der Waals surface area contributed by atoms with Gasteiger partial charge in [-0.25, -0.2) is 0 Å².